The Morgan fingerprint density at radius 2 is 1.70 bits per heavy atom. The summed E-state index contributed by atoms with van der Waals surface area (Å²) in [4.78, 5) is 21.6. The normalized spacial score (nSPS) is 13.1. The molecule has 126 valence electrons. The van der Waals surface area contributed by atoms with E-state index in [0.717, 1.165) is 12.1 Å². The molecule has 1 atom stereocenters. The number of H-pyrrole nitrogens is 1. The van der Waals surface area contributed by atoms with Gasteiger partial charge in [0.2, 0.25) is 5.91 Å². The molecule has 2 aromatic rings. The average molecular weight is 341 g/mol. The number of aromatic amines is 1. The highest BCUT2D eigenvalue weighted by Crippen LogP contribution is 2.26. The molecule has 0 aliphatic heterocycles. The first-order chi connectivity index (χ1) is 10.7. The highest BCUT2D eigenvalue weighted by Gasteiger charge is 2.26. The van der Waals surface area contributed by atoms with E-state index < -0.39 is 11.6 Å². The molecule has 4 nitrogen and oxygen atoms in total. The largest absolute Gasteiger partial charge is 0.337 e. The molecule has 0 spiro atoms. The molecule has 23 heavy (non-hydrogen) atoms. The summed E-state index contributed by atoms with van der Waals surface area (Å²) < 4.78 is 26.5. The fraction of sp³-hybridized carbons (Fsp3) is 0.500. The topological polar surface area (TPSA) is 49.0 Å². The van der Waals surface area contributed by atoms with Crippen LogP contribution in [0.15, 0.2) is 17.3 Å². The van der Waals surface area contributed by atoms with E-state index in [1.807, 2.05) is 32.6 Å². The van der Waals surface area contributed by atoms with Gasteiger partial charge >= 0.3 is 0 Å². The van der Waals surface area contributed by atoms with Gasteiger partial charge in [0, 0.05) is 24.2 Å². The summed E-state index contributed by atoms with van der Waals surface area (Å²) >= 11 is 1.25. The van der Waals surface area contributed by atoms with Gasteiger partial charge in [-0.15, -0.1) is 0 Å². The van der Waals surface area contributed by atoms with Crippen LogP contribution in [0, 0.1) is 11.6 Å². The minimum absolute atomic E-state index is 0.0119. The standard InChI is InChI=1S/C16H21F2N3OS/c1-8(2)21(9(3)4)15(22)10(5)23-16-19-13-6-11(17)12(18)7-14(13)20-16/h6-10H,1-5H3,(H,19,20). The Hall–Kier alpha value is -1.63. The van der Waals surface area contributed by atoms with E-state index in [1.54, 1.807) is 6.92 Å². The number of carbonyl (C=O) groups is 1. The second kappa shape index (κ2) is 6.86. The molecular weight excluding hydrogens is 320 g/mol. The van der Waals surface area contributed by atoms with Crippen molar-refractivity contribution in [1.82, 2.24) is 14.9 Å². The van der Waals surface area contributed by atoms with Crippen LogP contribution in [0.2, 0.25) is 0 Å². The highest BCUT2D eigenvalue weighted by molar-refractivity contribution is 8.00. The van der Waals surface area contributed by atoms with Gasteiger partial charge in [0.15, 0.2) is 16.8 Å². The first-order valence-corrected chi connectivity index (χ1v) is 8.42. The zero-order chi connectivity index (χ0) is 17.3. The first kappa shape index (κ1) is 17.7. The molecule has 0 aliphatic carbocycles. The van der Waals surface area contributed by atoms with Gasteiger partial charge in [0.1, 0.15) is 0 Å². The summed E-state index contributed by atoms with van der Waals surface area (Å²) in [6.45, 7) is 9.70. The van der Waals surface area contributed by atoms with E-state index in [0.29, 0.717) is 16.2 Å². The molecule has 1 unspecified atom stereocenters. The number of fused-ring (bicyclic) bond motifs is 1. The number of halogens is 2. The molecule has 1 heterocycles. The minimum Gasteiger partial charge on any atom is -0.337 e. The molecule has 0 fully saturated rings. The van der Waals surface area contributed by atoms with Crippen LogP contribution in [0.3, 0.4) is 0 Å². The van der Waals surface area contributed by atoms with Crippen molar-refractivity contribution in [3.05, 3.63) is 23.8 Å². The summed E-state index contributed by atoms with van der Waals surface area (Å²) in [6, 6.07) is 2.32. The maximum Gasteiger partial charge on any atom is 0.236 e. The average Bonchev–Trinajstić information content (AvgIpc) is 2.79. The summed E-state index contributed by atoms with van der Waals surface area (Å²) in [7, 11) is 0. The van der Waals surface area contributed by atoms with Crippen molar-refractivity contribution in [2.24, 2.45) is 0 Å². The van der Waals surface area contributed by atoms with Gasteiger partial charge in [0.25, 0.3) is 0 Å². The summed E-state index contributed by atoms with van der Waals surface area (Å²) in [5, 5.41) is 0.119. The molecule has 0 radical (unpaired) electrons. The maximum atomic E-state index is 13.2. The molecule has 0 aliphatic rings. The Morgan fingerprint density at radius 3 is 2.26 bits per heavy atom. The summed E-state index contributed by atoms with van der Waals surface area (Å²) in [6.07, 6.45) is 0. The van der Waals surface area contributed by atoms with Gasteiger partial charge < -0.3 is 9.88 Å². The number of benzene rings is 1. The first-order valence-electron chi connectivity index (χ1n) is 7.54. The lowest BCUT2D eigenvalue weighted by atomic mass is 10.2. The second-order valence-electron chi connectivity index (χ2n) is 6.02. The van der Waals surface area contributed by atoms with Crippen LogP contribution in [-0.4, -0.2) is 38.1 Å². The number of nitrogens with zero attached hydrogens (tertiary/aromatic N) is 2. The van der Waals surface area contributed by atoms with E-state index in [4.69, 9.17) is 0 Å². The minimum atomic E-state index is -0.935. The Morgan fingerprint density at radius 1 is 1.13 bits per heavy atom. The van der Waals surface area contributed by atoms with Crippen LogP contribution >= 0.6 is 11.8 Å². The zero-order valence-corrected chi connectivity index (χ0v) is 14.7. The number of hydrogen-bond donors (Lipinski definition) is 1. The SMILES string of the molecule is CC(Sc1nc2cc(F)c(F)cc2[nH]1)C(=O)N(C(C)C)C(C)C. The molecule has 1 aromatic heterocycles. The third-order valence-electron chi connectivity index (χ3n) is 3.51. The van der Waals surface area contributed by atoms with E-state index >= 15 is 0 Å². The van der Waals surface area contributed by atoms with Crippen molar-refractivity contribution < 1.29 is 13.6 Å². The number of nitrogens with one attached hydrogen (secondary N) is 1. The molecule has 7 heteroatoms. The molecule has 0 bridgehead atoms. The Bertz CT molecular complexity index is 668. The fourth-order valence-corrected chi connectivity index (χ4v) is 3.45. The number of aromatic nitrogens is 2. The van der Waals surface area contributed by atoms with E-state index in [2.05, 4.69) is 9.97 Å². The highest BCUT2D eigenvalue weighted by atomic mass is 32.2. The number of thioether (sulfide) groups is 1. The third-order valence-corrected chi connectivity index (χ3v) is 4.48. The number of hydrogen-bond acceptors (Lipinski definition) is 3. The number of carbonyl (C=O) groups excluding carboxylic acids is 1. The van der Waals surface area contributed by atoms with Gasteiger partial charge in [-0.1, -0.05) is 11.8 Å². The van der Waals surface area contributed by atoms with Crippen molar-refractivity contribution in [2.75, 3.05) is 0 Å². The van der Waals surface area contributed by atoms with Crippen LogP contribution in [0.4, 0.5) is 8.78 Å². The van der Waals surface area contributed by atoms with Crippen molar-refractivity contribution in [3.8, 4) is 0 Å². The smallest absolute Gasteiger partial charge is 0.236 e. The van der Waals surface area contributed by atoms with E-state index in [-0.39, 0.29) is 23.2 Å². The van der Waals surface area contributed by atoms with Gasteiger partial charge in [0.05, 0.1) is 16.3 Å². The lowest BCUT2D eigenvalue weighted by molar-refractivity contribution is -0.133. The lowest BCUT2D eigenvalue weighted by Crippen LogP contribution is -2.45. The molecule has 1 amide bonds. The maximum absolute atomic E-state index is 13.2. The monoisotopic (exact) mass is 341 g/mol. The molecular formula is C16H21F2N3OS. The van der Waals surface area contributed by atoms with Crippen molar-refractivity contribution >= 4 is 28.7 Å². The Kier molecular flexibility index (Phi) is 5.29. The van der Waals surface area contributed by atoms with Crippen LogP contribution in [0.5, 0.6) is 0 Å². The second-order valence-corrected chi connectivity index (χ2v) is 7.35. The number of rotatable bonds is 5. The van der Waals surface area contributed by atoms with Gasteiger partial charge in [-0.2, -0.15) is 0 Å². The third kappa shape index (κ3) is 3.83. The lowest BCUT2D eigenvalue weighted by Gasteiger charge is -2.32. The zero-order valence-electron chi connectivity index (χ0n) is 13.9. The van der Waals surface area contributed by atoms with E-state index in [9.17, 15) is 13.6 Å². The molecule has 1 aromatic carbocycles. The Labute approximate surface area is 138 Å². The molecule has 0 saturated carbocycles. The van der Waals surface area contributed by atoms with Crippen LogP contribution in [-0.2, 0) is 4.79 Å². The van der Waals surface area contributed by atoms with Gasteiger partial charge in [-0.3, -0.25) is 4.79 Å². The van der Waals surface area contributed by atoms with Crippen molar-refractivity contribution in [3.63, 3.8) is 0 Å². The molecule has 2 rings (SSSR count). The van der Waals surface area contributed by atoms with Crippen LogP contribution < -0.4 is 0 Å². The number of amides is 1. The fourth-order valence-electron chi connectivity index (χ4n) is 2.57. The summed E-state index contributed by atoms with van der Waals surface area (Å²) in [5.74, 6) is -1.85. The predicted molar refractivity (Wildman–Crippen MR) is 88.4 cm³/mol. The van der Waals surface area contributed by atoms with Crippen LogP contribution in [0.25, 0.3) is 11.0 Å². The van der Waals surface area contributed by atoms with Crippen LogP contribution in [0.1, 0.15) is 34.6 Å². The van der Waals surface area contributed by atoms with E-state index in [1.165, 1.54) is 11.8 Å². The summed E-state index contributed by atoms with van der Waals surface area (Å²) in [5.41, 5.74) is 0.756. The molecule has 1 N–H and O–H groups in total. The predicted octanol–water partition coefficient (Wildman–Crippen LogP) is 3.97. The van der Waals surface area contributed by atoms with Crippen molar-refractivity contribution in [2.45, 2.75) is 57.1 Å². The van der Waals surface area contributed by atoms with Gasteiger partial charge in [-0.05, 0) is 34.6 Å². The Balaban J connectivity index is 2.19. The quantitative estimate of drug-likeness (QED) is 0.837. The van der Waals surface area contributed by atoms with Crippen molar-refractivity contribution in [1.29, 1.82) is 0 Å². The van der Waals surface area contributed by atoms with Gasteiger partial charge in [-0.25, -0.2) is 13.8 Å². The number of imidazole rings is 1. The molecule has 0 saturated heterocycles.